The zero-order valence-corrected chi connectivity index (χ0v) is 102. The molecule has 0 N–H and O–H groups in total. The van der Waals surface area contributed by atoms with Crippen LogP contribution in [-0.4, -0.2) is 39.9 Å². The van der Waals surface area contributed by atoms with Crippen LogP contribution in [0.3, 0.4) is 0 Å². The minimum atomic E-state index is 0. The first-order chi connectivity index (χ1) is 68.3. The second-order valence-corrected chi connectivity index (χ2v) is 35.6. The van der Waals surface area contributed by atoms with E-state index in [0.717, 1.165) is 140 Å². The molecule has 8 aromatic heterocycles. The molecule has 16 aromatic carbocycles. The van der Waals surface area contributed by atoms with Gasteiger partial charge in [0.25, 0.3) is 0 Å². The third-order valence-electron chi connectivity index (χ3n) is 23.8. The van der Waals surface area contributed by atoms with E-state index >= 15 is 0 Å². The van der Waals surface area contributed by atoms with Crippen molar-refractivity contribution in [1.29, 1.82) is 0 Å². The molecule has 0 unspecified atom stereocenters. The van der Waals surface area contributed by atoms with Gasteiger partial charge in [0.2, 0.25) is 0 Å². The molecule has 0 spiro atoms. The van der Waals surface area contributed by atoms with Gasteiger partial charge in [-0.3, -0.25) is 39.9 Å². The van der Waals surface area contributed by atoms with Gasteiger partial charge in [-0.2, -0.15) is 0 Å². The van der Waals surface area contributed by atoms with Gasteiger partial charge in [-0.1, -0.05) is 266 Å². The number of nitrogens with zero attached hydrogens (tertiary/aromatic N) is 8. The van der Waals surface area contributed by atoms with Crippen molar-refractivity contribution in [3.8, 4) is 90.1 Å². The first kappa shape index (κ1) is 120. The van der Waals surface area contributed by atoms with Gasteiger partial charge >= 0.3 is 0 Å². The Morgan fingerprint density at radius 2 is 0.541 bits per heavy atom. The van der Waals surface area contributed by atoms with Crippen LogP contribution < -0.4 is 0 Å². The standard InChI is InChI=1S/C19H18N.C17H14N.6C16H12N.8Ir/c1-19(2,3)16-9-6-8-15(13-16)18-12-11-14-7-4-5-10-17(14)20-18;1-12-9-13(2)11-15(10-12)17-8-7-14-5-3-4-6-16(14)18-17;1-12-6-2-4-8-14(12)16-11-10-13-7-3-5-9-15(13)17-16;1-12-6-5-9-16-14(12)10-11-15(17-16)13-7-3-2-4-8-13;1-12-11-16(13-7-3-2-4-8-13)17-15-10-6-5-9-14(12)15;1-12-6-8-14(9-7-12)16-11-10-13-4-2-3-5-15(13)17-16;1-12-7-9-16-14(11-12)8-10-15(17-16)13-5-3-2-4-6-13;1-12-7-8-14-9-10-15(17-16(14)11-12)13-5-3-2-4-6-13;;;;;;;;/h4-7,9-13H,1-3H3;3-10H,1-2H3;3*2-7,9-11H,1H3;2-8,10-11H,1H3;2*2-5,7-11H,1H3;;;;;;;;/q8*-1;;;;;;;;. The number of aromatic nitrogens is 8. The molecule has 0 amide bonds. The van der Waals surface area contributed by atoms with Gasteiger partial charge in [0.15, 0.2) is 0 Å². The summed E-state index contributed by atoms with van der Waals surface area (Å²) in [5.41, 5.74) is 35.8. The molecule has 0 saturated heterocycles. The van der Waals surface area contributed by atoms with Crippen molar-refractivity contribution >= 4 is 87.2 Å². The van der Waals surface area contributed by atoms with Gasteiger partial charge in [-0.25, -0.2) is 0 Å². The van der Waals surface area contributed by atoms with E-state index < -0.39 is 0 Å². The van der Waals surface area contributed by atoms with Crippen molar-refractivity contribution < 1.29 is 161 Å². The Kier molecular flexibility index (Phi) is 47.0. The Morgan fingerprint density at radius 3 is 1.02 bits per heavy atom. The molecule has 0 aliphatic rings. The van der Waals surface area contributed by atoms with E-state index in [0.29, 0.717) is 0 Å². The average Bonchev–Trinajstić information content (AvgIpc) is 0.817. The molecule has 16 heteroatoms. The van der Waals surface area contributed by atoms with E-state index in [1.165, 1.54) is 87.6 Å². The number of rotatable bonds is 8. The third kappa shape index (κ3) is 32.3. The monoisotopic (exact) mass is 3340 g/mol. The zero-order valence-electron chi connectivity index (χ0n) is 83.2. The summed E-state index contributed by atoms with van der Waals surface area (Å²) < 4.78 is 0. The number of fused-ring (bicyclic) bond motifs is 8. The quantitative estimate of drug-likeness (QED) is 0.139. The molecule has 148 heavy (non-hydrogen) atoms. The zero-order chi connectivity index (χ0) is 96.7. The van der Waals surface area contributed by atoms with Crippen LogP contribution in [0.5, 0.6) is 0 Å². The molecule has 8 heterocycles. The van der Waals surface area contributed by atoms with E-state index in [1.54, 1.807) is 0 Å². The topological polar surface area (TPSA) is 103 Å². The molecule has 24 aromatic rings. The second kappa shape index (κ2) is 58.2. The predicted molar refractivity (Wildman–Crippen MR) is 585 cm³/mol. The fourth-order valence-corrected chi connectivity index (χ4v) is 16.4. The number of hydrogen-bond donors (Lipinski definition) is 0. The maximum atomic E-state index is 4.74. The van der Waals surface area contributed by atoms with Crippen LogP contribution >= 0.6 is 0 Å². The first-order valence-electron chi connectivity index (χ1n) is 47.1. The summed E-state index contributed by atoms with van der Waals surface area (Å²) in [5.74, 6) is 0. The number of aryl methyl sites for hydroxylation is 8. The number of hydrogen-bond acceptors (Lipinski definition) is 8. The summed E-state index contributed by atoms with van der Waals surface area (Å²) >= 11 is 0. The largest absolute Gasteiger partial charge is 0.296 e. The Hall–Kier alpha value is -12.0. The second-order valence-electron chi connectivity index (χ2n) is 35.6. The summed E-state index contributed by atoms with van der Waals surface area (Å²) in [5, 5.41) is 9.47. The van der Waals surface area contributed by atoms with E-state index in [9.17, 15) is 0 Å². The molecule has 8 radical (unpaired) electrons. The van der Waals surface area contributed by atoms with E-state index in [1.807, 2.05) is 231 Å². The minimum Gasteiger partial charge on any atom is -0.296 e. The molecule has 0 atom stereocenters. The molecule has 0 fully saturated rings. The van der Waals surface area contributed by atoms with Gasteiger partial charge in [-0.05, 0) is 182 Å². The van der Waals surface area contributed by atoms with Crippen molar-refractivity contribution in [2.24, 2.45) is 0 Å². The number of benzene rings is 16. The number of pyridine rings is 8. The van der Waals surface area contributed by atoms with E-state index in [-0.39, 0.29) is 166 Å². The maximum Gasteiger partial charge on any atom is 0.0597 e. The summed E-state index contributed by atoms with van der Waals surface area (Å²) in [6, 6.07) is 171. The normalized spacial score (nSPS) is 10.2. The molecule has 0 aliphatic heterocycles. The molecule has 752 valence electrons. The fraction of sp³-hybridized carbons (Fsp3) is 0.0909. The van der Waals surface area contributed by atoms with Gasteiger partial charge in [0.1, 0.15) is 0 Å². The third-order valence-corrected chi connectivity index (χ3v) is 23.8. The molecule has 24 rings (SSSR count). The molecule has 0 aliphatic carbocycles. The SMILES string of the molecule is CC(C)(C)c1cc[c-]c(-c2ccc3ccccc3n2)c1.Cc1[c-]c(-c2ccc3ccccc3n2)cc(C)c1.Cc1c[c-]c(-c2ccc3ccccc3n2)cc1.Cc1cc(-c2[c-]cccc2)nc2ccccc12.Cc1ccc2ccc(-c3[c-]cccc3)nc2c1.Cc1ccc2nc(-c3[c-]cccc3)ccc2c1.Cc1ccc[c-]c1-c1ccc2ccccc2n1.Cc1cccc2nc(-c3[c-]cccc3)ccc12.[Ir].[Ir].[Ir].[Ir].[Ir].[Ir].[Ir].[Ir]. The minimum absolute atomic E-state index is 0. The Balaban J connectivity index is 0.000000187. The van der Waals surface area contributed by atoms with Crippen LogP contribution in [-0.2, 0) is 166 Å². The Morgan fingerprint density at radius 1 is 0.189 bits per heavy atom. The predicted octanol–water partition coefficient (Wildman–Crippen LogP) is 33.4. The average molecular weight is 3340 g/mol. The van der Waals surface area contributed by atoms with Gasteiger partial charge in [0.05, 0.1) is 44.1 Å². The molecule has 0 saturated carbocycles. The Bertz CT molecular complexity index is 8330. The smallest absolute Gasteiger partial charge is 0.0597 e. The van der Waals surface area contributed by atoms with Crippen molar-refractivity contribution in [2.75, 3.05) is 0 Å². The summed E-state index contributed by atoms with van der Waals surface area (Å²) in [6.07, 6.45) is 0. The molecular formula is C132H104Ir8N8-8. The molecule has 8 nitrogen and oxygen atoms in total. The first-order valence-corrected chi connectivity index (χ1v) is 47.1. The summed E-state index contributed by atoms with van der Waals surface area (Å²) in [4.78, 5) is 37.4. The fourth-order valence-electron chi connectivity index (χ4n) is 16.4. The van der Waals surface area contributed by atoms with Gasteiger partial charge in [0, 0.05) is 172 Å². The van der Waals surface area contributed by atoms with Crippen molar-refractivity contribution in [1.82, 2.24) is 39.9 Å². The van der Waals surface area contributed by atoms with Crippen molar-refractivity contribution in [3.05, 3.63) is 529 Å². The summed E-state index contributed by atoms with van der Waals surface area (Å²) in [7, 11) is 0. The van der Waals surface area contributed by atoms with Crippen LogP contribution in [0.25, 0.3) is 177 Å². The Labute approximate surface area is 978 Å². The van der Waals surface area contributed by atoms with Crippen LogP contribution in [0, 0.1) is 104 Å². The van der Waals surface area contributed by atoms with E-state index in [2.05, 4.69) is 355 Å². The molecule has 0 bridgehead atoms. The van der Waals surface area contributed by atoms with Crippen molar-refractivity contribution in [2.45, 2.75) is 81.6 Å². The van der Waals surface area contributed by atoms with Crippen LogP contribution in [0.1, 0.15) is 70.8 Å². The van der Waals surface area contributed by atoms with Crippen LogP contribution in [0.15, 0.2) is 431 Å². The van der Waals surface area contributed by atoms with Crippen LogP contribution in [0.4, 0.5) is 0 Å². The van der Waals surface area contributed by atoms with Crippen LogP contribution in [0.2, 0.25) is 0 Å². The molecular weight excluding hydrogens is 3240 g/mol. The number of para-hydroxylation sites is 5. The van der Waals surface area contributed by atoms with E-state index in [4.69, 9.17) is 9.97 Å². The van der Waals surface area contributed by atoms with Gasteiger partial charge < -0.3 is 0 Å². The maximum absolute atomic E-state index is 4.74. The summed E-state index contributed by atoms with van der Waals surface area (Å²) in [6.45, 7) is 23.4. The van der Waals surface area contributed by atoms with Gasteiger partial charge in [-0.15, -0.1) is 285 Å². The van der Waals surface area contributed by atoms with Crippen molar-refractivity contribution in [3.63, 3.8) is 0 Å².